The molecular formula is C19H29ClN4O. The highest BCUT2D eigenvalue weighted by molar-refractivity contribution is 6.20. The summed E-state index contributed by atoms with van der Waals surface area (Å²) in [6.07, 6.45) is 2.92. The molecule has 2 rings (SSSR count). The van der Waals surface area contributed by atoms with Crippen LogP contribution in [0, 0.1) is 5.92 Å². The Hall–Kier alpha value is -1.56. The second-order valence-electron chi connectivity index (χ2n) is 6.72. The number of carbonyl (C=O) groups excluding carboxylic acids is 1. The SMILES string of the molecule is CC(C)C(=O)NCCC(Cl)CN(CC1=CCNN1)Cc1ccccc1. The summed E-state index contributed by atoms with van der Waals surface area (Å²) in [4.78, 5) is 14.0. The first kappa shape index (κ1) is 19.8. The van der Waals surface area contributed by atoms with Crippen molar-refractivity contribution in [2.24, 2.45) is 5.92 Å². The Kier molecular flexibility index (Phi) is 8.25. The van der Waals surface area contributed by atoms with Crippen LogP contribution in [0.1, 0.15) is 25.8 Å². The third kappa shape index (κ3) is 7.46. The average molecular weight is 365 g/mol. The number of hydrazine groups is 1. The lowest BCUT2D eigenvalue weighted by Crippen LogP contribution is -2.37. The summed E-state index contributed by atoms with van der Waals surface area (Å²) >= 11 is 6.54. The fraction of sp³-hybridized carbons (Fsp3) is 0.526. The normalized spacial score (nSPS) is 15.2. The molecule has 1 unspecified atom stereocenters. The predicted octanol–water partition coefficient (Wildman–Crippen LogP) is 2.25. The zero-order chi connectivity index (χ0) is 18.1. The van der Waals surface area contributed by atoms with Gasteiger partial charge in [0.25, 0.3) is 0 Å². The number of hydrogen-bond donors (Lipinski definition) is 3. The van der Waals surface area contributed by atoms with Crippen molar-refractivity contribution in [1.29, 1.82) is 0 Å². The molecule has 1 heterocycles. The number of alkyl halides is 1. The van der Waals surface area contributed by atoms with Gasteiger partial charge in [-0.05, 0) is 18.1 Å². The van der Waals surface area contributed by atoms with Crippen LogP contribution >= 0.6 is 11.6 Å². The van der Waals surface area contributed by atoms with Crippen LogP contribution in [0.3, 0.4) is 0 Å². The van der Waals surface area contributed by atoms with E-state index in [2.05, 4.69) is 51.4 Å². The minimum Gasteiger partial charge on any atom is -0.356 e. The van der Waals surface area contributed by atoms with E-state index in [1.165, 1.54) is 11.3 Å². The van der Waals surface area contributed by atoms with Crippen molar-refractivity contribution in [1.82, 2.24) is 21.1 Å². The molecule has 0 fully saturated rings. The van der Waals surface area contributed by atoms with Gasteiger partial charge in [-0.1, -0.05) is 44.2 Å². The van der Waals surface area contributed by atoms with E-state index in [4.69, 9.17) is 11.6 Å². The highest BCUT2D eigenvalue weighted by atomic mass is 35.5. The molecule has 0 radical (unpaired) electrons. The number of benzene rings is 1. The van der Waals surface area contributed by atoms with Crippen LogP contribution in [0.4, 0.5) is 0 Å². The van der Waals surface area contributed by atoms with Crippen LogP contribution in [0.2, 0.25) is 0 Å². The van der Waals surface area contributed by atoms with Crippen LogP contribution in [0.25, 0.3) is 0 Å². The van der Waals surface area contributed by atoms with E-state index >= 15 is 0 Å². The summed E-state index contributed by atoms with van der Waals surface area (Å²) in [6.45, 7) is 7.70. The van der Waals surface area contributed by atoms with Crippen molar-refractivity contribution in [3.63, 3.8) is 0 Å². The van der Waals surface area contributed by atoms with Gasteiger partial charge in [-0.3, -0.25) is 9.69 Å². The molecule has 1 aliphatic rings. The lowest BCUT2D eigenvalue weighted by Gasteiger charge is -2.25. The van der Waals surface area contributed by atoms with Crippen LogP contribution < -0.4 is 16.2 Å². The minimum absolute atomic E-state index is 0.00821. The molecular weight excluding hydrogens is 336 g/mol. The second kappa shape index (κ2) is 10.4. The first-order valence-corrected chi connectivity index (χ1v) is 9.34. The smallest absolute Gasteiger partial charge is 0.222 e. The molecule has 5 nitrogen and oxygen atoms in total. The Morgan fingerprint density at radius 3 is 2.68 bits per heavy atom. The first-order chi connectivity index (χ1) is 12.0. The average Bonchev–Trinajstić information content (AvgIpc) is 3.08. The number of rotatable bonds is 10. The van der Waals surface area contributed by atoms with Crippen molar-refractivity contribution >= 4 is 17.5 Å². The number of nitrogens with one attached hydrogen (secondary N) is 3. The van der Waals surface area contributed by atoms with Gasteiger partial charge in [0.1, 0.15) is 0 Å². The number of hydrogen-bond acceptors (Lipinski definition) is 4. The Balaban J connectivity index is 1.84. The molecule has 0 aliphatic carbocycles. The van der Waals surface area contributed by atoms with E-state index < -0.39 is 0 Å². The summed E-state index contributed by atoms with van der Waals surface area (Å²) < 4.78 is 0. The van der Waals surface area contributed by atoms with Crippen molar-refractivity contribution in [2.75, 3.05) is 26.2 Å². The van der Waals surface area contributed by atoms with E-state index in [-0.39, 0.29) is 17.2 Å². The van der Waals surface area contributed by atoms with Gasteiger partial charge in [0, 0.05) is 49.7 Å². The fourth-order valence-electron chi connectivity index (χ4n) is 2.69. The Morgan fingerprint density at radius 2 is 2.04 bits per heavy atom. The maximum absolute atomic E-state index is 11.6. The quantitative estimate of drug-likeness (QED) is 0.557. The molecule has 0 saturated heterocycles. The second-order valence-corrected chi connectivity index (χ2v) is 7.34. The monoisotopic (exact) mass is 364 g/mol. The van der Waals surface area contributed by atoms with Crippen LogP contribution in [0.5, 0.6) is 0 Å². The molecule has 0 aromatic heterocycles. The van der Waals surface area contributed by atoms with Gasteiger partial charge in [-0.15, -0.1) is 11.6 Å². The number of halogens is 1. The van der Waals surface area contributed by atoms with Crippen LogP contribution in [-0.4, -0.2) is 42.4 Å². The summed E-state index contributed by atoms with van der Waals surface area (Å²) in [5, 5.41) is 2.93. The Bertz CT molecular complexity index is 562. The van der Waals surface area contributed by atoms with Crippen LogP contribution in [0.15, 0.2) is 42.1 Å². The van der Waals surface area contributed by atoms with E-state index in [0.29, 0.717) is 6.54 Å². The minimum atomic E-state index is -0.00821. The lowest BCUT2D eigenvalue weighted by atomic mass is 10.2. The zero-order valence-electron chi connectivity index (χ0n) is 15.1. The summed E-state index contributed by atoms with van der Waals surface area (Å²) in [5.74, 6) is 0.0904. The number of nitrogens with zero attached hydrogens (tertiary/aromatic N) is 1. The highest BCUT2D eigenvalue weighted by Gasteiger charge is 2.16. The number of amides is 1. The fourth-order valence-corrected chi connectivity index (χ4v) is 2.99. The van der Waals surface area contributed by atoms with Gasteiger partial charge in [0.15, 0.2) is 0 Å². The van der Waals surface area contributed by atoms with Crippen molar-refractivity contribution in [2.45, 2.75) is 32.2 Å². The summed E-state index contributed by atoms with van der Waals surface area (Å²) in [5.41, 5.74) is 8.73. The topological polar surface area (TPSA) is 56.4 Å². The third-order valence-corrected chi connectivity index (χ3v) is 4.44. The highest BCUT2D eigenvalue weighted by Crippen LogP contribution is 2.12. The van der Waals surface area contributed by atoms with E-state index in [1.54, 1.807) is 0 Å². The maximum atomic E-state index is 11.6. The van der Waals surface area contributed by atoms with Crippen molar-refractivity contribution in [3.8, 4) is 0 Å². The van der Waals surface area contributed by atoms with Gasteiger partial charge in [-0.25, -0.2) is 5.43 Å². The molecule has 138 valence electrons. The van der Waals surface area contributed by atoms with E-state index in [0.717, 1.165) is 32.6 Å². The van der Waals surface area contributed by atoms with Crippen LogP contribution in [-0.2, 0) is 11.3 Å². The van der Waals surface area contributed by atoms with Gasteiger partial charge in [0.05, 0.1) is 0 Å². The lowest BCUT2D eigenvalue weighted by molar-refractivity contribution is -0.123. The predicted molar refractivity (Wildman–Crippen MR) is 103 cm³/mol. The van der Waals surface area contributed by atoms with Gasteiger partial charge >= 0.3 is 0 Å². The summed E-state index contributed by atoms with van der Waals surface area (Å²) in [6, 6.07) is 10.4. The molecule has 1 amide bonds. The van der Waals surface area contributed by atoms with Gasteiger partial charge < -0.3 is 10.7 Å². The van der Waals surface area contributed by atoms with Crippen molar-refractivity contribution in [3.05, 3.63) is 47.7 Å². The molecule has 1 aromatic rings. The Labute approximate surface area is 155 Å². The number of carbonyl (C=O) groups is 1. The Morgan fingerprint density at radius 1 is 1.28 bits per heavy atom. The molecule has 0 bridgehead atoms. The van der Waals surface area contributed by atoms with Gasteiger partial charge in [0.2, 0.25) is 5.91 Å². The molecule has 0 spiro atoms. The molecule has 1 aromatic carbocycles. The standard InChI is InChI=1S/C19H29ClN4O/c1-15(2)19(25)21-10-8-17(20)13-24(14-18-9-11-22-23-18)12-16-6-4-3-5-7-16/h3-7,9,15,17,22-23H,8,10-14H2,1-2H3,(H,21,25). The zero-order valence-corrected chi connectivity index (χ0v) is 15.9. The first-order valence-electron chi connectivity index (χ1n) is 8.90. The third-order valence-electron chi connectivity index (χ3n) is 4.08. The van der Waals surface area contributed by atoms with Gasteiger partial charge in [-0.2, -0.15) is 0 Å². The molecule has 6 heteroatoms. The molecule has 25 heavy (non-hydrogen) atoms. The molecule has 1 aliphatic heterocycles. The van der Waals surface area contributed by atoms with E-state index in [9.17, 15) is 4.79 Å². The molecule has 1 atom stereocenters. The maximum Gasteiger partial charge on any atom is 0.222 e. The van der Waals surface area contributed by atoms with Crippen molar-refractivity contribution < 1.29 is 4.79 Å². The van der Waals surface area contributed by atoms with E-state index in [1.807, 2.05) is 19.9 Å². The molecule has 3 N–H and O–H groups in total. The molecule has 0 saturated carbocycles. The summed E-state index contributed by atoms with van der Waals surface area (Å²) in [7, 11) is 0. The largest absolute Gasteiger partial charge is 0.356 e.